The van der Waals surface area contributed by atoms with Crippen LogP contribution in [-0.4, -0.2) is 33.1 Å². The second kappa shape index (κ2) is 10.4. The van der Waals surface area contributed by atoms with E-state index in [-0.39, 0.29) is 0 Å². The second-order valence-electron chi connectivity index (χ2n) is 8.47. The number of imidazole rings is 2. The lowest BCUT2D eigenvalue weighted by Crippen LogP contribution is -2.08. The van der Waals surface area contributed by atoms with Gasteiger partial charge in [0.05, 0.1) is 32.1 Å². The van der Waals surface area contributed by atoms with Crippen LogP contribution >= 0.6 is 46.4 Å². The first kappa shape index (κ1) is 24.9. The van der Waals surface area contributed by atoms with Crippen molar-refractivity contribution in [1.29, 1.82) is 0 Å². The molecule has 0 fully saturated rings. The molecule has 0 aliphatic rings. The first-order valence-corrected chi connectivity index (χ1v) is 13.1. The van der Waals surface area contributed by atoms with Crippen LogP contribution in [-0.2, 0) is 0 Å². The highest BCUT2D eigenvalue weighted by Crippen LogP contribution is 2.32. The number of hydrogen-bond acceptors (Lipinski definition) is 4. The molecule has 6 aromatic rings. The highest BCUT2D eigenvalue weighted by atomic mass is 35.5. The highest BCUT2D eigenvalue weighted by Gasteiger charge is 2.12. The van der Waals surface area contributed by atoms with E-state index in [2.05, 4.69) is 19.9 Å². The van der Waals surface area contributed by atoms with E-state index in [1.165, 1.54) is 0 Å². The summed E-state index contributed by atoms with van der Waals surface area (Å²) in [5, 5.41) is 2.21. The number of nitrogens with zero attached hydrogens (tertiary/aromatic N) is 2. The molecule has 0 radical (unpaired) electrons. The fourth-order valence-corrected chi connectivity index (χ4v) is 5.09. The normalized spacial score (nSPS) is 11.4. The third-order valence-electron chi connectivity index (χ3n) is 5.90. The Hall–Kier alpha value is -3.42. The lowest BCUT2D eigenvalue weighted by Gasteiger charge is -2.08. The number of H-pyrrole nitrogens is 2. The van der Waals surface area contributed by atoms with Crippen LogP contribution in [0, 0.1) is 0 Å². The van der Waals surface area contributed by atoms with Crippen LogP contribution in [0.15, 0.2) is 72.8 Å². The molecule has 0 spiro atoms. The summed E-state index contributed by atoms with van der Waals surface area (Å²) in [4.78, 5) is 15.8. The van der Waals surface area contributed by atoms with Gasteiger partial charge in [-0.25, -0.2) is 9.97 Å². The highest BCUT2D eigenvalue weighted by molar-refractivity contribution is 6.37. The van der Waals surface area contributed by atoms with Gasteiger partial charge in [-0.1, -0.05) is 46.4 Å². The van der Waals surface area contributed by atoms with Crippen molar-refractivity contribution in [3.63, 3.8) is 0 Å². The Morgan fingerprint density at radius 1 is 0.553 bits per heavy atom. The number of hydrogen-bond donors (Lipinski definition) is 2. The van der Waals surface area contributed by atoms with Gasteiger partial charge in [0, 0.05) is 33.3 Å². The minimum absolute atomic E-state index is 0.363. The maximum Gasteiger partial charge on any atom is 0.140 e. The van der Waals surface area contributed by atoms with E-state index >= 15 is 0 Å². The Morgan fingerprint density at radius 2 is 1.00 bits per heavy atom. The molecule has 6 nitrogen and oxygen atoms in total. The number of halogens is 4. The zero-order valence-electron chi connectivity index (χ0n) is 19.6. The summed E-state index contributed by atoms with van der Waals surface area (Å²) in [5.41, 5.74) is 4.85. The minimum atomic E-state index is 0.363. The minimum Gasteiger partial charge on any atom is -0.490 e. The molecule has 0 saturated heterocycles. The number of aromatic nitrogens is 4. The molecule has 2 heterocycles. The lowest BCUT2D eigenvalue weighted by atomic mass is 10.2. The quantitative estimate of drug-likeness (QED) is 0.184. The van der Waals surface area contributed by atoms with E-state index in [9.17, 15) is 0 Å². The summed E-state index contributed by atoms with van der Waals surface area (Å²) >= 11 is 24.7. The largest absolute Gasteiger partial charge is 0.490 e. The molecule has 6 rings (SSSR count). The fraction of sp³-hybridized carbons (Fsp3) is 0.0714. The van der Waals surface area contributed by atoms with Crippen molar-refractivity contribution in [3.05, 3.63) is 92.9 Å². The monoisotopic (exact) mass is 582 g/mol. The summed E-state index contributed by atoms with van der Waals surface area (Å²) in [5.74, 6) is 2.73. The molecular formula is C28H18Cl4N4O2. The molecule has 2 N–H and O–H groups in total. The maximum absolute atomic E-state index is 6.33. The van der Waals surface area contributed by atoms with E-state index in [1.54, 1.807) is 24.3 Å². The molecule has 0 atom stereocenters. The van der Waals surface area contributed by atoms with Crippen molar-refractivity contribution in [2.75, 3.05) is 13.2 Å². The van der Waals surface area contributed by atoms with E-state index in [0.717, 1.165) is 33.2 Å². The average Bonchev–Trinajstić information content (AvgIpc) is 3.50. The van der Waals surface area contributed by atoms with Crippen molar-refractivity contribution in [2.45, 2.75) is 0 Å². The van der Waals surface area contributed by atoms with Crippen molar-refractivity contribution in [2.24, 2.45) is 0 Å². The first-order chi connectivity index (χ1) is 18.4. The van der Waals surface area contributed by atoms with E-state index in [0.29, 0.717) is 56.5 Å². The van der Waals surface area contributed by atoms with Crippen molar-refractivity contribution >= 4 is 68.5 Å². The number of fused-ring (bicyclic) bond motifs is 2. The number of benzene rings is 4. The van der Waals surface area contributed by atoms with Crippen LogP contribution in [0.25, 0.3) is 44.8 Å². The molecule has 190 valence electrons. The van der Waals surface area contributed by atoms with Crippen LogP contribution in [0.5, 0.6) is 11.5 Å². The van der Waals surface area contributed by atoms with Gasteiger partial charge in [0.15, 0.2) is 0 Å². The maximum atomic E-state index is 6.33. The Kier molecular flexibility index (Phi) is 6.80. The number of nitrogens with one attached hydrogen (secondary N) is 2. The topological polar surface area (TPSA) is 75.8 Å². The molecule has 0 unspecified atom stereocenters. The SMILES string of the molecule is Clc1ccc(-c2nc3ccc(OCCOc4ccc5nc(-c6ccc(Cl)cc6Cl)[nH]c5c4)cc3[nH]2)c(Cl)c1. The van der Waals surface area contributed by atoms with Crippen molar-refractivity contribution < 1.29 is 9.47 Å². The van der Waals surface area contributed by atoms with Gasteiger partial charge in [-0.05, 0) is 60.7 Å². The third-order valence-corrected chi connectivity index (χ3v) is 7.00. The van der Waals surface area contributed by atoms with Crippen molar-refractivity contribution in [3.8, 4) is 34.3 Å². The zero-order valence-corrected chi connectivity index (χ0v) is 22.6. The summed E-state index contributed by atoms with van der Waals surface area (Å²) in [7, 11) is 0. The van der Waals surface area contributed by atoms with Crippen LogP contribution in [0.3, 0.4) is 0 Å². The number of rotatable bonds is 7. The second-order valence-corrected chi connectivity index (χ2v) is 10.2. The Morgan fingerprint density at radius 3 is 1.42 bits per heavy atom. The van der Waals surface area contributed by atoms with Crippen LogP contribution in [0.2, 0.25) is 20.1 Å². The van der Waals surface area contributed by atoms with Crippen LogP contribution < -0.4 is 9.47 Å². The van der Waals surface area contributed by atoms with Gasteiger partial charge in [0.25, 0.3) is 0 Å². The van der Waals surface area contributed by atoms with Crippen LogP contribution in [0.4, 0.5) is 0 Å². The molecule has 10 heteroatoms. The number of ether oxygens (including phenoxy) is 2. The summed E-state index contributed by atoms with van der Waals surface area (Å²) in [6, 6.07) is 22.0. The van der Waals surface area contributed by atoms with E-state index in [1.807, 2.05) is 48.5 Å². The Balaban J connectivity index is 1.10. The van der Waals surface area contributed by atoms with Gasteiger partial charge < -0.3 is 19.4 Å². The summed E-state index contributed by atoms with van der Waals surface area (Å²) < 4.78 is 11.8. The predicted molar refractivity (Wildman–Crippen MR) is 154 cm³/mol. The molecule has 38 heavy (non-hydrogen) atoms. The molecule has 0 amide bonds. The average molecular weight is 584 g/mol. The molecule has 2 aromatic heterocycles. The molecular weight excluding hydrogens is 566 g/mol. The van der Waals surface area contributed by atoms with E-state index in [4.69, 9.17) is 55.9 Å². The molecule has 0 aliphatic carbocycles. The van der Waals surface area contributed by atoms with E-state index < -0.39 is 0 Å². The van der Waals surface area contributed by atoms with Gasteiger partial charge in [-0.3, -0.25) is 0 Å². The molecule has 0 saturated carbocycles. The molecule has 0 bridgehead atoms. The van der Waals surface area contributed by atoms with Gasteiger partial charge in [0.2, 0.25) is 0 Å². The number of aromatic amines is 2. The van der Waals surface area contributed by atoms with Crippen LogP contribution in [0.1, 0.15) is 0 Å². The summed E-state index contributed by atoms with van der Waals surface area (Å²) in [6.45, 7) is 0.727. The molecule has 4 aromatic carbocycles. The Bertz CT molecular complexity index is 1670. The van der Waals surface area contributed by atoms with Gasteiger partial charge >= 0.3 is 0 Å². The Labute approximate surface area is 237 Å². The van der Waals surface area contributed by atoms with Crippen molar-refractivity contribution in [1.82, 2.24) is 19.9 Å². The van der Waals surface area contributed by atoms with Gasteiger partial charge in [-0.15, -0.1) is 0 Å². The standard InChI is InChI=1S/C28H18Cl4N4O2/c29-15-1-5-19(21(31)11-15)27-33-23-7-3-17(13-25(23)35-27)37-9-10-38-18-4-8-24-26(14-18)36-28(34-24)20-6-2-16(30)12-22(20)32/h1-8,11-14H,9-10H2,(H,33,35)(H,34,36). The summed E-state index contributed by atoms with van der Waals surface area (Å²) in [6.07, 6.45) is 0. The first-order valence-electron chi connectivity index (χ1n) is 11.6. The lowest BCUT2D eigenvalue weighted by molar-refractivity contribution is 0.217. The van der Waals surface area contributed by atoms with Gasteiger partial charge in [0.1, 0.15) is 36.4 Å². The third kappa shape index (κ3) is 5.13. The fourth-order valence-electron chi connectivity index (χ4n) is 4.09. The molecule has 0 aliphatic heterocycles. The smallest absolute Gasteiger partial charge is 0.140 e. The van der Waals surface area contributed by atoms with Gasteiger partial charge in [-0.2, -0.15) is 0 Å². The predicted octanol–water partition coefficient (Wildman–Crippen LogP) is 8.84. The zero-order chi connectivity index (χ0) is 26.2.